The van der Waals surface area contributed by atoms with E-state index in [-0.39, 0.29) is 12.2 Å². The number of fused-ring (bicyclic) bond motifs is 1. The van der Waals surface area contributed by atoms with Gasteiger partial charge in [0.2, 0.25) is 0 Å². The fraction of sp³-hybridized carbons (Fsp3) is 0.118. The molecule has 138 valence electrons. The van der Waals surface area contributed by atoms with E-state index in [0.717, 1.165) is 11.0 Å². The molecule has 1 heterocycles. The monoisotopic (exact) mass is 432 g/mol. The number of benzene rings is 2. The molecule has 0 aliphatic heterocycles. The number of para-hydroxylation sites is 2. The Labute approximate surface area is 161 Å². The fourth-order valence-corrected chi connectivity index (χ4v) is 2.84. The SMILES string of the molecule is O=C(COC(=O)Cn1cnc2ccccc21)Nc1ccc([N+](=O)[O-])cc1Br. The average molecular weight is 433 g/mol. The lowest BCUT2D eigenvalue weighted by Crippen LogP contribution is -2.23. The van der Waals surface area contributed by atoms with Crippen LogP contribution in [0.3, 0.4) is 0 Å². The molecule has 0 unspecified atom stereocenters. The van der Waals surface area contributed by atoms with Crippen LogP contribution in [0.15, 0.2) is 53.3 Å². The summed E-state index contributed by atoms with van der Waals surface area (Å²) in [6.45, 7) is -0.552. The molecule has 1 aromatic heterocycles. The first-order chi connectivity index (χ1) is 12.9. The van der Waals surface area contributed by atoms with Gasteiger partial charge in [-0.2, -0.15) is 0 Å². The molecule has 9 nitrogen and oxygen atoms in total. The van der Waals surface area contributed by atoms with Crippen molar-refractivity contribution in [1.29, 1.82) is 0 Å². The van der Waals surface area contributed by atoms with E-state index in [0.29, 0.717) is 10.2 Å². The number of non-ortho nitro benzene ring substituents is 1. The molecule has 1 amide bonds. The van der Waals surface area contributed by atoms with Gasteiger partial charge in [0.15, 0.2) is 6.61 Å². The van der Waals surface area contributed by atoms with E-state index < -0.39 is 23.4 Å². The van der Waals surface area contributed by atoms with Gasteiger partial charge in [-0.3, -0.25) is 19.7 Å². The predicted molar refractivity (Wildman–Crippen MR) is 100 cm³/mol. The Balaban J connectivity index is 1.54. The number of hydrogen-bond acceptors (Lipinski definition) is 6. The van der Waals surface area contributed by atoms with E-state index in [1.54, 1.807) is 4.57 Å². The maximum atomic E-state index is 12.0. The molecule has 3 aromatic rings. The minimum atomic E-state index is -0.587. The molecule has 0 saturated carbocycles. The fourth-order valence-electron chi connectivity index (χ4n) is 2.37. The Morgan fingerprint density at radius 1 is 1.26 bits per heavy atom. The minimum Gasteiger partial charge on any atom is -0.454 e. The Morgan fingerprint density at radius 2 is 2.04 bits per heavy atom. The van der Waals surface area contributed by atoms with Crippen LogP contribution in [0.5, 0.6) is 0 Å². The summed E-state index contributed by atoms with van der Waals surface area (Å²) in [5.74, 6) is -1.15. The first-order valence-electron chi connectivity index (χ1n) is 7.73. The van der Waals surface area contributed by atoms with Crippen LogP contribution in [0.25, 0.3) is 11.0 Å². The Bertz CT molecular complexity index is 1030. The summed E-state index contributed by atoms with van der Waals surface area (Å²) in [6.07, 6.45) is 1.53. The van der Waals surface area contributed by atoms with Crippen molar-refractivity contribution in [3.63, 3.8) is 0 Å². The summed E-state index contributed by atoms with van der Waals surface area (Å²) >= 11 is 3.15. The van der Waals surface area contributed by atoms with Crippen molar-refractivity contribution < 1.29 is 19.2 Å². The molecule has 0 atom stereocenters. The molecule has 3 rings (SSSR count). The van der Waals surface area contributed by atoms with Crippen LogP contribution in [0.1, 0.15) is 0 Å². The van der Waals surface area contributed by atoms with Gasteiger partial charge in [-0.25, -0.2) is 4.98 Å². The van der Waals surface area contributed by atoms with Gasteiger partial charge in [0.25, 0.3) is 11.6 Å². The summed E-state index contributed by atoms with van der Waals surface area (Å²) in [5, 5.41) is 13.2. The number of nitro benzene ring substituents is 1. The molecule has 0 aliphatic rings. The van der Waals surface area contributed by atoms with Crippen molar-refractivity contribution in [2.24, 2.45) is 0 Å². The lowest BCUT2D eigenvalue weighted by molar-refractivity contribution is -0.384. The number of esters is 1. The van der Waals surface area contributed by atoms with Gasteiger partial charge in [0.1, 0.15) is 6.54 Å². The molecule has 2 aromatic carbocycles. The highest BCUT2D eigenvalue weighted by Crippen LogP contribution is 2.27. The van der Waals surface area contributed by atoms with Crippen LogP contribution in [0.4, 0.5) is 11.4 Å². The van der Waals surface area contributed by atoms with Crippen molar-refractivity contribution in [3.05, 3.63) is 63.4 Å². The number of carbonyl (C=O) groups is 2. The van der Waals surface area contributed by atoms with E-state index in [4.69, 9.17) is 4.74 Å². The number of anilines is 1. The summed E-state index contributed by atoms with van der Waals surface area (Å²) in [6, 6.07) is 11.3. The minimum absolute atomic E-state index is 0.0744. The zero-order valence-electron chi connectivity index (χ0n) is 13.8. The van der Waals surface area contributed by atoms with E-state index in [2.05, 4.69) is 26.2 Å². The zero-order chi connectivity index (χ0) is 19.4. The average Bonchev–Trinajstić information content (AvgIpc) is 3.04. The third-order valence-electron chi connectivity index (χ3n) is 3.63. The molecular weight excluding hydrogens is 420 g/mol. The standard InChI is InChI=1S/C17H13BrN4O5/c18-12-7-11(22(25)26)5-6-13(12)20-16(23)9-27-17(24)8-21-10-19-14-3-1-2-4-15(14)21/h1-7,10H,8-9H2,(H,20,23). The molecule has 10 heteroatoms. The Morgan fingerprint density at radius 3 is 2.78 bits per heavy atom. The number of amides is 1. The van der Waals surface area contributed by atoms with Gasteiger partial charge < -0.3 is 14.6 Å². The Hall–Kier alpha value is -3.27. The number of rotatable bonds is 6. The molecular formula is C17H13BrN4O5. The molecule has 27 heavy (non-hydrogen) atoms. The van der Waals surface area contributed by atoms with Crippen LogP contribution in [-0.2, 0) is 20.9 Å². The molecule has 0 aliphatic carbocycles. The topological polar surface area (TPSA) is 116 Å². The Kier molecular flexibility index (Phi) is 5.46. The lowest BCUT2D eigenvalue weighted by atomic mass is 10.3. The van der Waals surface area contributed by atoms with E-state index in [1.165, 1.54) is 24.5 Å². The second kappa shape index (κ2) is 7.96. The van der Waals surface area contributed by atoms with Gasteiger partial charge >= 0.3 is 5.97 Å². The van der Waals surface area contributed by atoms with E-state index in [9.17, 15) is 19.7 Å². The summed E-state index contributed by atoms with van der Waals surface area (Å²) in [4.78, 5) is 38.2. The van der Waals surface area contributed by atoms with Crippen LogP contribution < -0.4 is 5.32 Å². The molecule has 0 fully saturated rings. The van der Waals surface area contributed by atoms with Gasteiger partial charge in [-0.15, -0.1) is 0 Å². The maximum Gasteiger partial charge on any atom is 0.326 e. The van der Waals surface area contributed by atoms with Crippen LogP contribution in [0.2, 0.25) is 0 Å². The first-order valence-corrected chi connectivity index (χ1v) is 8.52. The highest BCUT2D eigenvalue weighted by molar-refractivity contribution is 9.10. The summed E-state index contributed by atoms with van der Waals surface area (Å²) < 4.78 is 6.95. The number of nitrogens with one attached hydrogen (secondary N) is 1. The quantitative estimate of drug-likeness (QED) is 0.363. The van der Waals surface area contributed by atoms with Gasteiger partial charge in [-0.1, -0.05) is 12.1 Å². The molecule has 1 N–H and O–H groups in total. The highest BCUT2D eigenvalue weighted by Gasteiger charge is 2.13. The normalized spacial score (nSPS) is 10.6. The number of carbonyl (C=O) groups excluding carboxylic acids is 2. The van der Waals surface area contributed by atoms with Crippen molar-refractivity contribution in [2.75, 3.05) is 11.9 Å². The molecule has 0 radical (unpaired) electrons. The second-order valence-electron chi connectivity index (χ2n) is 5.49. The number of nitro groups is 1. The number of ether oxygens (including phenoxy) is 1. The summed E-state index contributed by atoms with van der Waals surface area (Å²) in [5.41, 5.74) is 1.76. The number of imidazole rings is 1. The number of hydrogen-bond donors (Lipinski definition) is 1. The van der Waals surface area contributed by atoms with Gasteiger partial charge in [0.05, 0.1) is 28.0 Å². The highest BCUT2D eigenvalue weighted by atomic mass is 79.9. The van der Waals surface area contributed by atoms with Crippen molar-refractivity contribution in [1.82, 2.24) is 9.55 Å². The van der Waals surface area contributed by atoms with Gasteiger partial charge in [-0.05, 0) is 34.1 Å². The third-order valence-corrected chi connectivity index (χ3v) is 4.28. The first kappa shape index (κ1) is 18.5. The van der Waals surface area contributed by atoms with E-state index >= 15 is 0 Å². The van der Waals surface area contributed by atoms with E-state index in [1.807, 2.05) is 24.3 Å². The van der Waals surface area contributed by atoms with Crippen LogP contribution >= 0.6 is 15.9 Å². The van der Waals surface area contributed by atoms with Crippen LogP contribution in [0, 0.1) is 10.1 Å². The predicted octanol–water partition coefficient (Wildman–Crippen LogP) is 2.89. The van der Waals surface area contributed by atoms with Crippen LogP contribution in [-0.4, -0.2) is 33.0 Å². The largest absolute Gasteiger partial charge is 0.454 e. The lowest BCUT2D eigenvalue weighted by Gasteiger charge is -2.09. The molecule has 0 bridgehead atoms. The molecule has 0 spiro atoms. The molecule has 0 saturated heterocycles. The zero-order valence-corrected chi connectivity index (χ0v) is 15.4. The van der Waals surface area contributed by atoms with Crippen molar-refractivity contribution in [2.45, 2.75) is 6.54 Å². The third kappa shape index (κ3) is 4.47. The van der Waals surface area contributed by atoms with Crippen molar-refractivity contribution in [3.8, 4) is 0 Å². The number of aromatic nitrogens is 2. The smallest absolute Gasteiger partial charge is 0.326 e. The van der Waals surface area contributed by atoms with Gasteiger partial charge in [0, 0.05) is 16.6 Å². The van der Waals surface area contributed by atoms with Crippen molar-refractivity contribution >= 4 is 50.2 Å². The number of halogens is 1. The maximum absolute atomic E-state index is 12.0. The second-order valence-corrected chi connectivity index (χ2v) is 6.35. The number of nitrogens with zero attached hydrogens (tertiary/aromatic N) is 3. The summed E-state index contributed by atoms with van der Waals surface area (Å²) in [7, 11) is 0.